The van der Waals surface area contributed by atoms with E-state index >= 15 is 0 Å². The Balaban J connectivity index is 1.29. The van der Waals surface area contributed by atoms with Gasteiger partial charge in [0.05, 0.1) is 18.6 Å². The van der Waals surface area contributed by atoms with Crippen LogP contribution < -0.4 is 4.72 Å². The molecule has 0 saturated carbocycles. The number of fused-ring (bicyclic) bond motifs is 1. The lowest BCUT2D eigenvalue weighted by atomic mass is 9.82. The number of hydrogen-bond acceptors (Lipinski definition) is 5. The zero-order valence-electron chi connectivity index (χ0n) is 19.2. The summed E-state index contributed by atoms with van der Waals surface area (Å²) in [5.74, 6) is -0.212. The largest absolute Gasteiger partial charge is 0.381 e. The molecule has 1 fully saturated rings. The van der Waals surface area contributed by atoms with Crippen molar-refractivity contribution in [3.63, 3.8) is 0 Å². The molecule has 8 heteroatoms. The molecular weight excluding hydrogens is 462 g/mol. The minimum atomic E-state index is -3.88. The predicted octanol–water partition coefficient (Wildman–Crippen LogP) is 3.94. The average Bonchev–Trinajstić information content (AvgIpc) is 2.86. The molecule has 178 valence electrons. The Labute approximate surface area is 204 Å². The molecule has 2 N–H and O–H groups in total. The molecule has 35 heavy (non-hydrogen) atoms. The second-order valence-electron chi connectivity index (χ2n) is 8.72. The van der Waals surface area contributed by atoms with Crippen molar-refractivity contribution in [2.24, 2.45) is 0 Å². The average molecular weight is 488 g/mol. The normalized spacial score (nSPS) is 15.0. The third kappa shape index (κ3) is 4.26. The minimum absolute atomic E-state index is 0.0861. The first-order valence-corrected chi connectivity index (χ1v) is 12.9. The number of aryl methyl sites for hydroxylation is 1. The molecule has 0 radical (unpaired) electrons. The fourth-order valence-corrected chi connectivity index (χ4v) is 5.79. The van der Waals surface area contributed by atoms with E-state index in [0.717, 1.165) is 22.9 Å². The smallest absolute Gasteiger partial charge is 0.264 e. The molecule has 7 nitrogen and oxygen atoms in total. The van der Waals surface area contributed by atoms with Gasteiger partial charge in [-0.05, 0) is 53.9 Å². The van der Waals surface area contributed by atoms with Gasteiger partial charge in [0.1, 0.15) is 10.5 Å². The summed E-state index contributed by atoms with van der Waals surface area (Å²) in [7, 11) is -3.88. The molecule has 1 aliphatic rings. The van der Waals surface area contributed by atoms with Crippen LogP contribution in [-0.4, -0.2) is 42.4 Å². The number of rotatable bonds is 6. The van der Waals surface area contributed by atoms with Crippen molar-refractivity contribution in [3.8, 4) is 0 Å². The van der Waals surface area contributed by atoms with Gasteiger partial charge in [0.15, 0.2) is 0 Å². The van der Waals surface area contributed by atoms with E-state index in [1.807, 2.05) is 31.2 Å². The van der Waals surface area contributed by atoms with Gasteiger partial charge >= 0.3 is 0 Å². The standard InChI is InChI=1S/C27H25N3O4S/c1-2-19-7-3-4-10-23(19)27(32)17-30(18-27)26(31)21-12-14-22(15-13-21)29-35(33,34)24-11-5-8-20-9-6-16-28-25(20)24/h3-16,29,32H,2,17-18H2,1H3. The highest BCUT2D eigenvalue weighted by atomic mass is 32.2. The van der Waals surface area contributed by atoms with Crippen LogP contribution in [0.2, 0.25) is 0 Å². The zero-order chi connectivity index (χ0) is 24.6. The van der Waals surface area contributed by atoms with E-state index in [-0.39, 0.29) is 23.9 Å². The summed E-state index contributed by atoms with van der Waals surface area (Å²) < 4.78 is 28.6. The van der Waals surface area contributed by atoms with Crippen molar-refractivity contribution >= 4 is 32.5 Å². The number of pyridine rings is 1. The fourth-order valence-electron chi connectivity index (χ4n) is 4.55. The highest BCUT2D eigenvalue weighted by Gasteiger charge is 2.46. The second-order valence-corrected chi connectivity index (χ2v) is 10.4. The summed E-state index contributed by atoms with van der Waals surface area (Å²) in [6.07, 6.45) is 2.36. The van der Waals surface area contributed by atoms with Gasteiger partial charge in [0.25, 0.3) is 15.9 Å². The topological polar surface area (TPSA) is 99.6 Å². The van der Waals surface area contributed by atoms with Gasteiger partial charge in [-0.1, -0.05) is 49.4 Å². The molecule has 1 saturated heterocycles. The maximum absolute atomic E-state index is 13.0. The Morgan fingerprint density at radius 3 is 2.46 bits per heavy atom. The van der Waals surface area contributed by atoms with Gasteiger partial charge in [-0.2, -0.15) is 0 Å². The molecule has 0 atom stereocenters. The second kappa shape index (κ2) is 8.79. The van der Waals surface area contributed by atoms with Gasteiger partial charge in [-0.25, -0.2) is 8.42 Å². The maximum Gasteiger partial charge on any atom is 0.264 e. The van der Waals surface area contributed by atoms with Gasteiger partial charge in [0, 0.05) is 22.8 Å². The number of likely N-dealkylation sites (tertiary alicyclic amines) is 1. The number of nitrogens with one attached hydrogen (secondary N) is 1. The third-order valence-electron chi connectivity index (χ3n) is 6.36. The first-order chi connectivity index (χ1) is 16.8. The monoisotopic (exact) mass is 487 g/mol. The number of aromatic nitrogens is 1. The molecule has 2 heterocycles. The van der Waals surface area contributed by atoms with Crippen molar-refractivity contribution in [1.82, 2.24) is 9.88 Å². The number of hydrogen-bond donors (Lipinski definition) is 2. The van der Waals surface area contributed by atoms with Gasteiger partial charge < -0.3 is 10.0 Å². The molecule has 0 bridgehead atoms. The fraction of sp³-hybridized carbons (Fsp3) is 0.185. The van der Waals surface area contributed by atoms with Gasteiger partial charge in [-0.15, -0.1) is 0 Å². The highest BCUT2D eigenvalue weighted by molar-refractivity contribution is 7.93. The number of anilines is 1. The number of sulfonamides is 1. The number of para-hydroxylation sites is 1. The predicted molar refractivity (Wildman–Crippen MR) is 135 cm³/mol. The molecular formula is C27H25N3O4S. The minimum Gasteiger partial charge on any atom is -0.381 e. The molecule has 0 unspecified atom stereocenters. The highest BCUT2D eigenvalue weighted by Crippen LogP contribution is 2.35. The Kier molecular flexibility index (Phi) is 5.78. The Morgan fingerprint density at radius 2 is 1.71 bits per heavy atom. The van der Waals surface area contributed by atoms with Crippen LogP contribution in [0.25, 0.3) is 10.9 Å². The molecule has 5 rings (SSSR count). The van der Waals surface area contributed by atoms with Crippen LogP contribution in [-0.2, 0) is 22.0 Å². The van der Waals surface area contributed by atoms with E-state index in [1.165, 1.54) is 6.07 Å². The van der Waals surface area contributed by atoms with Crippen molar-refractivity contribution in [3.05, 3.63) is 102 Å². The lowest BCUT2D eigenvalue weighted by Crippen LogP contribution is -2.61. The van der Waals surface area contributed by atoms with E-state index in [4.69, 9.17) is 0 Å². The number of aliphatic hydroxyl groups is 1. The number of carbonyl (C=O) groups excluding carboxylic acids is 1. The first kappa shape index (κ1) is 23.0. The quantitative estimate of drug-likeness (QED) is 0.429. The third-order valence-corrected chi connectivity index (χ3v) is 7.77. The van der Waals surface area contributed by atoms with Gasteiger partial charge in [0.2, 0.25) is 0 Å². The van der Waals surface area contributed by atoms with Crippen molar-refractivity contribution < 1.29 is 18.3 Å². The number of amides is 1. The first-order valence-electron chi connectivity index (χ1n) is 11.4. The molecule has 3 aromatic carbocycles. The van der Waals surface area contributed by atoms with Crippen molar-refractivity contribution in [2.45, 2.75) is 23.8 Å². The summed E-state index contributed by atoms with van der Waals surface area (Å²) in [5.41, 5.74) is 2.03. The molecule has 4 aromatic rings. The molecule has 0 spiro atoms. The Hall–Kier alpha value is -3.75. The number of β-amino-alcohol motifs (C(OH)–C–C–N with tert-alkyl or cyclic N) is 1. The molecule has 1 amide bonds. The molecule has 1 aliphatic heterocycles. The Bertz CT molecular complexity index is 1510. The SMILES string of the molecule is CCc1ccccc1C1(O)CN(C(=O)c2ccc(NS(=O)(=O)c3cccc4cccnc34)cc2)C1. The van der Waals surface area contributed by atoms with Crippen LogP contribution in [0.3, 0.4) is 0 Å². The van der Waals surface area contributed by atoms with Crippen LogP contribution in [0.4, 0.5) is 5.69 Å². The van der Waals surface area contributed by atoms with Crippen LogP contribution >= 0.6 is 0 Å². The van der Waals surface area contributed by atoms with E-state index in [1.54, 1.807) is 59.6 Å². The van der Waals surface area contributed by atoms with Crippen LogP contribution in [0.5, 0.6) is 0 Å². The number of benzene rings is 3. The number of nitrogens with zero attached hydrogens (tertiary/aromatic N) is 2. The molecule has 1 aromatic heterocycles. The van der Waals surface area contributed by atoms with E-state index in [0.29, 0.717) is 16.8 Å². The molecule has 0 aliphatic carbocycles. The van der Waals surface area contributed by atoms with Crippen molar-refractivity contribution in [2.75, 3.05) is 17.8 Å². The van der Waals surface area contributed by atoms with Crippen molar-refractivity contribution in [1.29, 1.82) is 0 Å². The lowest BCUT2D eigenvalue weighted by molar-refractivity contribution is -0.0868. The summed E-state index contributed by atoms with van der Waals surface area (Å²) in [6.45, 7) is 2.47. The van der Waals surface area contributed by atoms with Gasteiger partial charge in [-0.3, -0.25) is 14.5 Å². The Morgan fingerprint density at radius 1 is 1.00 bits per heavy atom. The van der Waals surface area contributed by atoms with E-state index < -0.39 is 15.6 Å². The van der Waals surface area contributed by atoms with E-state index in [2.05, 4.69) is 9.71 Å². The van der Waals surface area contributed by atoms with E-state index in [9.17, 15) is 18.3 Å². The number of carbonyl (C=O) groups is 1. The summed E-state index contributed by atoms with van der Waals surface area (Å²) in [6, 6.07) is 22.6. The van der Waals surface area contributed by atoms with Crippen LogP contribution in [0.15, 0.2) is 90.0 Å². The summed E-state index contributed by atoms with van der Waals surface area (Å²) >= 11 is 0. The summed E-state index contributed by atoms with van der Waals surface area (Å²) in [4.78, 5) is 18.8. The van der Waals surface area contributed by atoms with Crippen LogP contribution in [0, 0.1) is 0 Å². The zero-order valence-corrected chi connectivity index (χ0v) is 20.0. The lowest BCUT2D eigenvalue weighted by Gasteiger charge is -2.47. The van der Waals surface area contributed by atoms with Crippen LogP contribution in [0.1, 0.15) is 28.4 Å². The summed E-state index contributed by atoms with van der Waals surface area (Å²) in [5, 5.41) is 11.8. The maximum atomic E-state index is 13.0.